The maximum absolute atomic E-state index is 14.6. The second-order valence-corrected chi connectivity index (χ2v) is 7.70. The summed E-state index contributed by atoms with van der Waals surface area (Å²) in [5.41, 5.74) is 3.10. The van der Waals surface area contributed by atoms with Crippen LogP contribution in [0.3, 0.4) is 0 Å². The number of thioether (sulfide) groups is 1. The minimum atomic E-state index is -0.240. The van der Waals surface area contributed by atoms with Crippen molar-refractivity contribution in [3.8, 4) is 0 Å². The number of rotatable bonds is 3. The Morgan fingerprint density at radius 2 is 1.93 bits per heavy atom. The first-order valence-electron chi connectivity index (χ1n) is 9.00. The predicted molar refractivity (Wildman–Crippen MR) is 110 cm³/mol. The van der Waals surface area contributed by atoms with Gasteiger partial charge >= 0.3 is 0 Å². The molecule has 1 amide bonds. The number of benzene rings is 2. The maximum atomic E-state index is 14.6. The lowest BCUT2D eigenvalue weighted by Gasteiger charge is -2.19. The molecule has 6 heteroatoms. The lowest BCUT2D eigenvalue weighted by Crippen LogP contribution is -2.19. The van der Waals surface area contributed by atoms with E-state index in [1.165, 1.54) is 17.8 Å². The average Bonchev–Trinajstić information content (AvgIpc) is 3.29. The molecular weight excluding hydrogens is 361 g/mol. The minimum absolute atomic E-state index is 0.210. The molecule has 2 fully saturated rings. The van der Waals surface area contributed by atoms with E-state index in [9.17, 15) is 9.18 Å². The van der Waals surface area contributed by atoms with Crippen LogP contribution >= 0.6 is 11.8 Å². The van der Waals surface area contributed by atoms with Gasteiger partial charge in [-0.2, -0.15) is 0 Å². The zero-order chi connectivity index (χ0) is 18.8. The summed E-state index contributed by atoms with van der Waals surface area (Å²) in [4.78, 5) is 19.3. The highest BCUT2D eigenvalue weighted by atomic mass is 32.2. The second-order valence-electron chi connectivity index (χ2n) is 6.67. The predicted octanol–water partition coefficient (Wildman–Crippen LogP) is 4.63. The Morgan fingerprint density at radius 1 is 1.19 bits per heavy atom. The molecule has 138 valence electrons. The molecule has 2 aromatic rings. The smallest absolute Gasteiger partial charge is 0.264 e. The number of hydrogen-bond donors (Lipinski definition) is 1. The van der Waals surface area contributed by atoms with Crippen LogP contribution in [0.25, 0.3) is 6.08 Å². The minimum Gasteiger partial charge on any atom is -0.369 e. The molecule has 4 nitrogen and oxygen atoms in total. The summed E-state index contributed by atoms with van der Waals surface area (Å²) in [7, 11) is 0. The van der Waals surface area contributed by atoms with Crippen molar-refractivity contribution in [3.63, 3.8) is 0 Å². The van der Waals surface area contributed by atoms with Crippen LogP contribution in [0.2, 0.25) is 0 Å². The Balaban J connectivity index is 1.59. The van der Waals surface area contributed by atoms with E-state index < -0.39 is 0 Å². The second kappa shape index (κ2) is 7.56. The van der Waals surface area contributed by atoms with Crippen LogP contribution in [0.1, 0.15) is 24.0 Å². The van der Waals surface area contributed by atoms with Gasteiger partial charge in [-0.25, -0.2) is 9.38 Å². The molecule has 0 unspecified atom stereocenters. The molecule has 2 aliphatic heterocycles. The first kappa shape index (κ1) is 17.8. The number of carbonyl (C=O) groups is 1. The third-order valence-electron chi connectivity index (χ3n) is 4.71. The first-order valence-corrected chi connectivity index (χ1v) is 9.81. The van der Waals surface area contributed by atoms with E-state index in [1.54, 1.807) is 6.08 Å². The van der Waals surface area contributed by atoms with Crippen LogP contribution in [-0.2, 0) is 4.79 Å². The van der Waals surface area contributed by atoms with E-state index in [0.29, 0.717) is 21.3 Å². The van der Waals surface area contributed by atoms with Crippen molar-refractivity contribution in [1.29, 1.82) is 0 Å². The van der Waals surface area contributed by atoms with Gasteiger partial charge in [0.05, 0.1) is 16.3 Å². The fourth-order valence-electron chi connectivity index (χ4n) is 3.28. The Morgan fingerprint density at radius 3 is 2.67 bits per heavy atom. The number of nitrogens with zero attached hydrogens (tertiary/aromatic N) is 2. The molecule has 2 aliphatic rings. The average molecular weight is 381 g/mol. The fourth-order valence-corrected chi connectivity index (χ4v) is 4.11. The van der Waals surface area contributed by atoms with Crippen LogP contribution < -0.4 is 10.2 Å². The monoisotopic (exact) mass is 381 g/mol. The molecule has 0 saturated carbocycles. The van der Waals surface area contributed by atoms with Crippen molar-refractivity contribution in [1.82, 2.24) is 5.32 Å². The van der Waals surface area contributed by atoms with Crippen molar-refractivity contribution >= 4 is 40.3 Å². The molecule has 0 bridgehead atoms. The van der Waals surface area contributed by atoms with Crippen LogP contribution in [0.4, 0.5) is 15.8 Å². The molecule has 2 saturated heterocycles. The lowest BCUT2D eigenvalue weighted by atomic mass is 10.1. The number of aryl methyl sites for hydroxylation is 1. The third kappa shape index (κ3) is 3.90. The normalized spacial score (nSPS) is 19.9. The van der Waals surface area contributed by atoms with Crippen molar-refractivity contribution in [2.24, 2.45) is 4.99 Å². The van der Waals surface area contributed by atoms with Crippen molar-refractivity contribution in [3.05, 3.63) is 64.3 Å². The van der Waals surface area contributed by atoms with Gasteiger partial charge < -0.3 is 10.2 Å². The number of aliphatic imine (C=N–C) groups is 1. The Kier molecular flexibility index (Phi) is 4.99. The number of amides is 1. The van der Waals surface area contributed by atoms with E-state index in [4.69, 9.17) is 0 Å². The standard InChI is InChI=1S/C21H20FN3OS/c1-14-11-18(25-9-5-6-10-25)17(22)12-15(14)13-19-20(26)24-21(27-19)23-16-7-3-2-4-8-16/h2-4,7-8,11-13H,5-6,9-10H2,1H3,(H,23,24,26)/b19-13-. The maximum Gasteiger partial charge on any atom is 0.264 e. The van der Waals surface area contributed by atoms with Gasteiger partial charge in [0.15, 0.2) is 5.17 Å². The van der Waals surface area contributed by atoms with E-state index in [-0.39, 0.29) is 11.7 Å². The van der Waals surface area contributed by atoms with Gasteiger partial charge in [0.25, 0.3) is 5.91 Å². The highest BCUT2D eigenvalue weighted by Gasteiger charge is 2.24. The molecule has 27 heavy (non-hydrogen) atoms. The molecule has 0 atom stereocenters. The number of nitrogens with one attached hydrogen (secondary N) is 1. The number of halogens is 1. The van der Waals surface area contributed by atoms with Crippen LogP contribution in [0.15, 0.2) is 52.4 Å². The van der Waals surface area contributed by atoms with Crippen molar-refractivity contribution in [2.75, 3.05) is 18.0 Å². The number of anilines is 1. The highest BCUT2D eigenvalue weighted by molar-refractivity contribution is 8.18. The van der Waals surface area contributed by atoms with Crippen LogP contribution in [0, 0.1) is 12.7 Å². The Bertz CT molecular complexity index is 934. The number of carbonyl (C=O) groups excluding carboxylic acids is 1. The number of hydrogen-bond acceptors (Lipinski definition) is 4. The SMILES string of the molecule is Cc1cc(N2CCCC2)c(F)cc1/C=C1\SC(=Nc2ccccc2)NC1=O. The Labute approximate surface area is 162 Å². The van der Waals surface area contributed by atoms with Crippen LogP contribution in [0.5, 0.6) is 0 Å². The quantitative estimate of drug-likeness (QED) is 0.789. The summed E-state index contributed by atoms with van der Waals surface area (Å²) in [6.07, 6.45) is 3.94. The summed E-state index contributed by atoms with van der Waals surface area (Å²) < 4.78 is 14.6. The van der Waals surface area contributed by atoms with E-state index in [1.807, 2.05) is 43.3 Å². The van der Waals surface area contributed by atoms with E-state index >= 15 is 0 Å². The van der Waals surface area contributed by atoms with E-state index in [2.05, 4.69) is 15.2 Å². The van der Waals surface area contributed by atoms with E-state index in [0.717, 1.165) is 37.2 Å². The van der Waals surface area contributed by atoms with Gasteiger partial charge in [-0.3, -0.25) is 4.79 Å². The summed E-state index contributed by atoms with van der Waals surface area (Å²) in [6.45, 7) is 3.74. The Hall–Kier alpha value is -2.60. The largest absolute Gasteiger partial charge is 0.369 e. The third-order valence-corrected chi connectivity index (χ3v) is 5.62. The number of para-hydroxylation sites is 1. The molecule has 0 aliphatic carbocycles. The summed E-state index contributed by atoms with van der Waals surface area (Å²) in [5.74, 6) is -0.450. The van der Waals surface area contributed by atoms with Gasteiger partial charge in [0, 0.05) is 13.1 Å². The molecule has 0 spiro atoms. The zero-order valence-corrected chi connectivity index (χ0v) is 15.9. The van der Waals surface area contributed by atoms with Gasteiger partial charge in [0.1, 0.15) is 5.82 Å². The molecule has 0 radical (unpaired) electrons. The van der Waals surface area contributed by atoms with Crippen LogP contribution in [-0.4, -0.2) is 24.2 Å². The lowest BCUT2D eigenvalue weighted by molar-refractivity contribution is -0.115. The molecular formula is C21H20FN3OS. The summed E-state index contributed by atoms with van der Waals surface area (Å²) in [6, 6.07) is 12.9. The molecule has 4 rings (SSSR count). The van der Waals surface area contributed by atoms with Gasteiger partial charge in [-0.1, -0.05) is 18.2 Å². The fraction of sp³-hybridized carbons (Fsp3) is 0.238. The molecule has 2 heterocycles. The van der Waals surface area contributed by atoms with Gasteiger partial charge in [-0.05, 0) is 73.0 Å². The molecule has 0 aromatic heterocycles. The summed E-state index contributed by atoms with van der Waals surface area (Å²) in [5, 5.41) is 3.30. The van der Waals surface area contributed by atoms with Gasteiger partial charge in [0.2, 0.25) is 0 Å². The van der Waals surface area contributed by atoms with Crippen molar-refractivity contribution in [2.45, 2.75) is 19.8 Å². The molecule has 1 N–H and O–H groups in total. The summed E-state index contributed by atoms with van der Waals surface area (Å²) >= 11 is 1.27. The van der Waals surface area contributed by atoms with Gasteiger partial charge in [-0.15, -0.1) is 0 Å². The van der Waals surface area contributed by atoms with Crippen molar-refractivity contribution < 1.29 is 9.18 Å². The topological polar surface area (TPSA) is 44.7 Å². The number of amidine groups is 1. The first-order chi connectivity index (χ1) is 13.1. The molecule has 2 aromatic carbocycles. The zero-order valence-electron chi connectivity index (χ0n) is 15.0. The highest BCUT2D eigenvalue weighted by Crippen LogP contribution is 2.31.